The van der Waals surface area contributed by atoms with Crippen LogP contribution < -0.4 is 5.32 Å². The van der Waals surface area contributed by atoms with E-state index >= 15 is 0 Å². The Bertz CT molecular complexity index is 439. The molecule has 1 aromatic heterocycles. The fourth-order valence-corrected chi connectivity index (χ4v) is 2.32. The van der Waals surface area contributed by atoms with Gasteiger partial charge >= 0.3 is 0 Å². The van der Waals surface area contributed by atoms with E-state index in [4.69, 9.17) is 4.42 Å². The zero-order chi connectivity index (χ0) is 11.4. The van der Waals surface area contributed by atoms with Crippen LogP contribution in [0.15, 0.2) is 47.3 Å². The van der Waals surface area contributed by atoms with Crippen molar-refractivity contribution in [2.45, 2.75) is 13.0 Å². The zero-order valence-corrected chi connectivity index (χ0v) is 11.3. The van der Waals surface area contributed by atoms with Gasteiger partial charge in [-0.2, -0.15) is 0 Å². The van der Waals surface area contributed by atoms with Gasteiger partial charge < -0.3 is 9.73 Å². The van der Waals surface area contributed by atoms with Gasteiger partial charge in [-0.05, 0) is 52.9 Å². The van der Waals surface area contributed by atoms with Crippen molar-refractivity contribution < 1.29 is 4.42 Å². The van der Waals surface area contributed by atoms with Crippen molar-refractivity contribution in [3.8, 4) is 0 Å². The molecule has 0 spiro atoms. The van der Waals surface area contributed by atoms with Crippen LogP contribution in [-0.2, 0) is 0 Å². The van der Waals surface area contributed by atoms with Gasteiger partial charge in [0.2, 0.25) is 0 Å². The van der Waals surface area contributed by atoms with E-state index in [0.29, 0.717) is 0 Å². The van der Waals surface area contributed by atoms with E-state index in [1.54, 1.807) is 12.5 Å². The molecule has 2 rings (SSSR count). The van der Waals surface area contributed by atoms with Gasteiger partial charge in [0.25, 0.3) is 0 Å². The Hall–Kier alpha value is -0.810. The molecule has 84 valence electrons. The number of furan rings is 1. The van der Waals surface area contributed by atoms with E-state index < -0.39 is 0 Å². The molecule has 2 nitrogen and oxygen atoms in total. The molecule has 16 heavy (non-hydrogen) atoms. The number of halogens is 1. The van der Waals surface area contributed by atoms with Crippen molar-refractivity contribution in [3.63, 3.8) is 0 Å². The van der Waals surface area contributed by atoms with Crippen LogP contribution in [0.25, 0.3) is 0 Å². The van der Waals surface area contributed by atoms with Crippen LogP contribution in [0.3, 0.4) is 0 Å². The highest BCUT2D eigenvalue weighted by atomic mass is 127. The third-order valence-corrected chi connectivity index (χ3v) is 3.14. The van der Waals surface area contributed by atoms with Crippen molar-refractivity contribution in [2.75, 3.05) is 6.54 Å². The zero-order valence-electron chi connectivity index (χ0n) is 9.11. The standard InChI is InChI=1S/C13H14INO/c1-2-15-13(11-6-7-16-9-11)10-4-3-5-12(14)8-10/h3-9,13,15H,2H2,1H3. The van der Waals surface area contributed by atoms with E-state index in [2.05, 4.69) is 59.1 Å². The van der Waals surface area contributed by atoms with Crippen LogP contribution in [0.1, 0.15) is 24.1 Å². The van der Waals surface area contributed by atoms with Crippen LogP contribution in [-0.4, -0.2) is 6.54 Å². The highest BCUT2D eigenvalue weighted by Crippen LogP contribution is 2.23. The van der Waals surface area contributed by atoms with Gasteiger partial charge in [-0.3, -0.25) is 0 Å². The Kier molecular flexibility index (Phi) is 4.01. The molecular weight excluding hydrogens is 313 g/mol. The summed E-state index contributed by atoms with van der Waals surface area (Å²) in [5, 5.41) is 3.47. The first-order chi connectivity index (χ1) is 7.81. The maximum absolute atomic E-state index is 5.15. The van der Waals surface area contributed by atoms with Crippen LogP contribution in [0, 0.1) is 3.57 Å². The molecule has 0 fully saturated rings. The van der Waals surface area contributed by atoms with Crippen LogP contribution in [0.4, 0.5) is 0 Å². The molecule has 0 aliphatic heterocycles. The van der Waals surface area contributed by atoms with Gasteiger partial charge in [0.1, 0.15) is 0 Å². The maximum atomic E-state index is 5.15. The second kappa shape index (κ2) is 5.50. The molecular formula is C13H14INO. The number of hydrogen-bond donors (Lipinski definition) is 1. The molecule has 0 aliphatic carbocycles. The third kappa shape index (κ3) is 2.65. The number of nitrogens with one attached hydrogen (secondary N) is 1. The Morgan fingerprint density at radius 1 is 1.31 bits per heavy atom. The molecule has 1 N–H and O–H groups in total. The minimum atomic E-state index is 0.221. The predicted molar refractivity (Wildman–Crippen MR) is 73.4 cm³/mol. The fourth-order valence-electron chi connectivity index (χ4n) is 1.76. The van der Waals surface area contributed by atoms with E-state index in [0.717, 1.165) is 6.54 Å². The van der Waals surface area contributed by atoms with E-state index in [9.17, 15) is 0 Å². The normalized spacial score (nSPS) is 12.6. The Morgan fingerprint density at radius 3 is 2.81 bits per heavy atom. The molecule has 1 aromatic carbocycles. The molecule has 2 aromatic rings. The average Bonchev–Trinajstić information content (AvgIpc) is 2.79. The maximum Gasteiger partial charge on any atom is 0.0953 e. The summed E-state index contributed by atoms with van der Waals surface area (Å²) in [5.74, 6) is 0. The largest absolute Gasteiger partial charge is 0.472 e. The second-order valence-electron chi connectivity index (χ2n) is 3.60. The van der Waals surface area contributed by atoms with Crippen LogP contribution >= 0.6 is 22.6 Å². The van der Waals surface area contributed by atoms with Gasteiger partial charge in [-0.1, -0.05) is 19.1 Å². The number of rotatable bonds is 4. The SMILES string of the molecule is CCNC(c1ccoc1)c1cccc(I)c1. The van der Waals surface area contributed by atoms with E-state index in [1.807, 2.05) is 6.07 Å². The molecule has 1 unspecified atom stereocenters. The molecule has 0 bridgehead atoms. The quantitative estimate of drug-likeness (QED) is 0.869. The lowest BCUT2D eigenvalue weighted by Gasteiger charge is -2.16. The van der Waals surface area contributed by atoms with E-state index in [-0.39, 0.29) is 6.04 Å². The lowest BCUT2D eigenvalue weighted by atomic mass is 10.0. The van der Waals surface area contributed by atoms with Crippen molar-refractivity contribution in [2.24, 2.45) is 0 Å². The van der Waals surface area contributed by atoms with Crippen LogP contribution in [0.5, 0.6) is 0 Å². The molecule has 3 heteroatoms. The summed E-state index contributed by atoms with van der Waals surface area (Å²) in [7, 11) is 0. The van der Waals surface area contributed by atoms with Crippen molar-refractivity contribution >= 4 is 22.6 Å². The summed E-state index contributed by atoms with van der Waals surface area (Å²) in [4.78, 5) is 0. The summed E-state index contributed by atoms with van der Waals surface area (Å²) < 4.78 is 6.40. The molecule has 0 aliphatic rings. The minimum absolute atomic E-state index is 0.221. The monoisotopic (exact) mass is 327 g/mol. The molecule has 1 heterocycles. The van der Waals surface area contributed by atoms with E-state index in [1.165, 1.54) is 14.7 Å². The summed E-state index contributed by atoms with van der Waals surface area (Å²) in [6.45, 7) is 3.04. The van der Waals surface area contributed by atoms with Crippen LogP contribution in [0.2, 0.25) is 0 Å². The summed E-state index contributed by atoms with van der Waals surface area (Å²) in [6, 6.07) is 10.7. The van der Waals surface area contributed by atoms with Gasteiger partial charge in [0.05, 0.1) is 18.6 Å². The van der Waals surface area contributed by atoms with Crippen molar-refractivity contribution in [3.05, 3.63) is 57.6 Å². The molecule has 0 saturated heterocycles. The molecule has 1 atom stereocenters. The van der Waals surface area contributed by atoms with Crippen molar-refractivity contribution in [1.29, 1.82) is 0 Å². The smallest absolute Gasteiger partial charge is 0.0953 e. The molecule has 0 saturated carbocycles. The lowest BCUT2D eigenvalue weighted by molar-refractivity contribution is 0.553. The van der Waals surface area contributed by atoms with Gasteiger partial charge in [-0.15, -0.1) is 0 Å². The molecule has 0 radical (unpaired) electrons. The first-order valence-corrected chi connectivity index (χ1v) is 6.40. The van der Waals surface area contributed by atoms with Crippen molar-refractivity contribution in [1.82, 2.24) is 5.32 Å². The molecule has 0 amide bonds. The Labute approximate surface area is 109 Å². The Morgan fingerprint density at radius 2 is 2.19 bits per heavy atom. The first kappa shape index (κ1) is 11.7. The summed E-state index contributed by atoms with van der Waals surface area (Å²) in [6.07, 6.45) is 3.51. The first-order valence-electron chi connectivity index (χ1n) is 5.32. The minimum Gasteiger partial charge on any atom is -0.472 e. The summed E-state index contributed by atoms with van der Waals surface area (Å²) >= 11 is 2.33. The number of hydrogen-bond acceptors (Lipinski definition) is 2. The number of benzene rings is 1. The lowest BCUT2D eigenvalue weighted by Crippen LogP contribution is -2.21. The second-order valence-corrected chi connectivity index (χ2v) is 4.85. The highest BCUT2D eigenvalue weighted by Gasteiger charge is 2.13. The average molecular weight is 327 g/mol. The highest BCUT2D eigenvalue weighted by molar-refractivity contribution is 14.1. The Balaban J connectivity index is 2.33. The fraction of sp³-hybridized carbons (Fsp3) is 0.231. The van der Waals surface area contributed by atoms with Gasteiger partial charge in [0.15, 0.2) is 0 Å². The third-order valence-electron chi connectivity index (χ3n) is 2.47. The van der Waals surface area contributed by atoms with Gasteiger partial charge in [-0.25, -0.2) is 0 Å². The van der Waals surface area contributed by atoms with Gasteiger partial charge in [0, 0.05) is 9.13 Å². The topological polar surface area (TPSA) is 25.2 Å². The summed E-state index contributed by atoms with van der Waals surface area (Å²) in [5.41, 5.74) is 2.44. The predicted octanol–water partition coefficient (Wildman–Crippen LogP) is 3.58.